The van der Waals surface area contributed by atoms with Crippen molar-refractivity contribution in [1.29, 1.82) is 0 Å². The predicted octanol–water partition coefficient (Wildman–Crippen LogP) is 7.43. The van der Waals surface area contributed by atoms with E-state index in [1.165, 1.54) is 16.7 Å². The van der Waals surface area contributed by atoms with Gasteiger partial charge in [0.1, 0.15) is 0 Å². The molecule has 0 spiro atoms. The topological polar surface area (TPSA) is 38.7 Å². The first kappa shape index (κ1) is 20.9. The van der Waals surface area contributed by atoms with E-state index in [1.807, 2.05) is 43.5 Å². The molecule has 4 rings (SSSR count). The van der Waals surface area contributed by atoms with Gasteiger partial charge in [-0.25, -0.2) is 9.97 Å². The third-order valence-electron chi connectivity index (χ3n) is 5.56. The van der Waals surface area contributed by atoms with Crippen LogP contribution in [0.15, 0.2) is 72.9 Å². The van der Waals surface area contributed by atoms with Crippen LogP contribution in [0.1, 0.15) is 56.2 Å². The molecule has 0 saturated carbocycles. The van der Waals surface area contributed by atoms with Gasteiger partial charge in [-0.2, -0.15) is 0 Å². The predicted molar refractivity (Wildman–Crippen MR) is 129 cm³/mol. The molecule has 3 aromatic heterocycles. The van der Waals surface area contributed by atoms with Gasteiger partial charge in [0.2, 0.25) is 0 Å². The van der Waals surface area contributed by atoms with Crippen molar-refractivity contribution < 1.29 is 0 Å². The number of aromatic nitrogens is 3. The van der Waals surface area contributed by atoms with Gasteiger partial charge in [0.25, 0.3) is 0 Å². The highest BCUT2D eigenvalue weighted by Gasteiger charge is 2.17. The van der Waals surface area contributed by atoms with Crippen LogP contribution in [-0.4, -0.2) is 15.0 Å². The Kier molecular flexibility index (Phi) is 5.94. The van der Waals surface area contributed by atoms with Gasteiger partial charge in [0.15, 0.2) is 0 Å². The molecule has 4 aromatic rings. The number of rotatable bonds is 5. The van der Waals surface area contributed by atoms with Crippen LogP contribution in [0, 0.1) is 6.92 Å². The molecule has 0 aliphatic heterocycles. The second-order valence-corrected chi connectivity index (χ2v) is 8.66. The van der Waals surface area contributed by atoms with Crippen LogP contribution in [0.5, 0.6) is 0 Å². The summed E-state index contributed by atoms with van der Waals surface area (Å²) in [6, 6.07) is 22.9. The molecule has 0 fully saturated rings. The number of nitrogens with zero attached hydrogens (tertiary/aromatic N) is 3. The molecule has 156 valence electrons. The van der Waals surface area contributed by atoms with Gasteiger partial charge in [-0.3, -0.25) is 4.98 Å². The molecule has 3 heterocycles. The summed E-state index contributed by atoms with van der Waals surface area (Å²) in [5.74, 6) is 0.849. The molecule has 0 saturated heterocycles. The van der Waals surface area contributed by atoms with E-state index in [0.29, 0.717) is 11.8 Å². The van der Waals surface area contributed by atoms with Crippen molar-refractivity contribution in [3.05, 3.63) is 89.6 Å². The van der Waals surface area contributed by atoms with Crippen molar-refractivity contribution in [2.24, 2.45) is 0 Å². The van der Waals surface area contributed by atoms with Crippen LogP contribution >= 0.6 is 0 Å². The van der Waals surface area contributed by atoms with Gasteiger partial charge in [0.05, 0.1) is 28.5 Å². The maximum absolute atomic E-state index is 5.07. The fraction of sp³-hybridized carbons (Fsp3) is 0.250. The number of hydrogen-bond donors (Lipinski definition) is 0. The Morgan fingerprint density at radius 2 is 1.03 bits per heavy atom. The first-order valence-corrected chi connectivity index (χ1v) is 10.9. The van der Waals surface area contributed by atoms with Crippen LogP contribution in [0.4, 0.5) is 0 Å². The Balaban J connectivity index is 1.81. The lowest BCUT2D eigenvalue weighted by atomic mass is 9.87. The van der Waals surface area contributed by atoms with Crippen LogP contribution in [-0.2, 0) is 0 Å². The number of benzene rings is 1. The first-order valence-electron chi connectivity index (χ1n) is 10.9. The molecular formula is C28H29N3. The van der Waals surface area contributed by atoms with Gasteiger partial charge in [-0.05, 0) is 65.8 Å². The molecule has 0 bridgehead atoms. The van der Waals surface area contributed by atoms with E-state index in [0.717, 1.165) is 34.0 Å². The molecular weight excluding hydrogens is 378 g/mol. The van der Waals surface area contributed by atoms with Crippen molar-refractivity contribution >= 4 is 0 Å². The van der Waals surface area contributed by atoms with Crippen molar-refractivity contribution in [1.82, 2.24) is 15.0 Å². The fourth-order valence-corrected chi connectivity index (χ4v) is 3.90. The standard InChI is InChI=1S/C28H29N3/c1-18(2)21-9-6-10-22(19(3)4)28(21)27-14-8-13-26(31-27)25-12-7-11-24(30-25)23-16-15-20(5)17-29-23/h6-19H,1-5H3. The summed E-state index contributed by atoms with van der Waals surface area (Å²) in [6.07, 6.45) is 1.87. The van der Waals surface area contributed by atoms with E-state index in [9.17, 15) is 0 Å². The Morgan fingerprint density at radius 3 is 1.55 bits per heavy atom. The van der Waals surface area contributed by atoms with Gasteiger partial charge in [-0.1, -0.05) is 64.1 Å². The lowest BCUT2D eigenvalue weighted by molar-refractivity contribution is 0.836. The smallest absolute Gasteiger partial charge is 0.0894 e. The zero-order valence-electron chi connectivity index (χ0n) is 18.9. The second-order valence-electron chi connectivity index (χ2n) is 8.66. The van der Waals surface area contributed by atoms with E-state index in [4.69, 9.17) is 9.97 Å². The number of pyridine rings is 3. The van der Waals surface area contributed by atoms with E-state index in [-0.39, 0.29) is 0 Å². The largest absolute Gasteiger partial charge is 0.254 e. The SMILES string of the molecule is Cc1ccc(-c2cccc(-c3cccc(-c4c(C(C)C)cccc4C(C)C)n3)n2)nc1. The van der Waals surface area contributed by atoms with E-state index >= 15 is 0 Å². The highest BCUT2D eigenvalue weighted by atomic mass is 14.8. The number of hydrogen-bond acceptors (Lipinski definition) is 3. The summed E-state index contributed by atoms with van der Waals surface area (Å²) in [7, 11) is 0. The van der Waals surface area contributed by atoms with E-state index in [1.54, 1.807) is 0 Å². The van der Waals surface area contributed by atoms with E-state index in [2.05, 4.69) is 69.1 Å². The lowest BCUT2D eigenvalue weighted by Crippen LogP contribution is -2.01. The minimum Gasteiger partial charge on any atom is -0.254 e. The van der Waals surface area contributed by atoms with Gasteiger partial charge < -0.3 is 0 Å². The lowest BCUT2D eigenvalue weighted by Gasteiger charge is -2.19. The first-order chi connectivity index (χ1) is 14.9. The number of aryl methyl sites for hydroxylation is 1. The minimum absolute atomic E-state index is 0.424. The van der Waals surface area contributed by atoms with Crippen molar-refractivity contribution in [2.45, 2.75) is 46.5 Å². The molecule has 0 amide bonds. The zero-order valence-corrected chi connectivity index (χ0v) is 18.9. The van der Waals surface area contributed by atoms with E-state index < -0.39 is 0 Å². The van der Waals surface area contributed by atoms with Gasteiger partial charge in [0, 0.05) is 11.8 Å². The quantitative estimate of drug-likeness (QED) is 0.345. The molecule has 0 radical (unpaired) electrons. The molecule has 1 aromatic carbocycles. The average Bonchev–Trinajstić information content (AvgIpc) is 2.79. The Hall–Kier alpha value is -3.33. The Bertz CT molecular complexity index is 1160. The molecule has 0 aliphatic rings. The summed E-state index contributed by atoms with van der Waals surface area (Å²) >= 11 is 0. The van der Waals surface area contributed by atoms with Crippen molar-refractivity contribution in [2.75, 3.05) is 0 Å². The monoisotopic (exact) mass is 407 g/mol. The van der Waals surface area contributed by atoms with Crippen LogP contribution in [0.2, 0.25) is 0 Å². The highest BCUT2D eigenvalue weighted by molar-refractivity contribution is 5.72. The van der Waals surface area contributed by atoms with Crippen LogP contribution in [0.3, 0.4) is 0 Å². The zero-order chi connectivity index (χ0) is 22.0. The molecule has 3 nitrogen and oxygen atoms in total. The third-order valence-corrected chi connectivity index (χ3v) is 5.56. The Labute approximate surface area is 185 Å². The minimum atomic E-state index is 0.424. The highest BCUT2D eigenvalue weighted by Crippen LogP contribution is 2.36. The summed E-state index contributed by atoms with van der Waals surface area (Å²) in [5.41, 5.74) is 9.53. The maximum Gasteiger partial charge on any atom is 0.0894 e. The molecule has 0 aliphatic carbocycles. The summed E-state index contributed by atoms with van der Waals surface area (Å²) in [5, 5.41) is 0. The molecule has 31 heavy (non-hydrogen) atoms. The van der Waals surface area contributed by atoms with Gasteiger partial charge >= 0.3 is 0 Å². The average molecular weight is 408 g/mol. The van der Waals surface area contributed by atoms with Crippen LogP contribution < -0.4 is 0 Å². The maximum atomic E-state index is 5.07. The summed E-state index contributed by atoms with van der Waals surface area (Å²) < 4.78 is 0. The molecule has 0 N–H and O–H groups in total. The third kappa shape index (κ3) is 4.41. The Morgan fingerprint density at radius 1 is 0.548 bits per heavy atom. The summed E-state index contributed by atoms with van der Waals surface area (Å²) in [6.45, 7) is 11.0. The van der Waals surface area contributed by atoms with Crippen molar-refractivity contribution in [3.8, 4) is 34.0 Å². The van der Waals surface area contributed by atoms with Gasteiger partial charge in [-0.15, -0.1) is 0 Å². The fourth-order valence-electron chi connectivity index (χ4n) is 3.90. The normalized spacial score (nSPS) is 11.3. The van der Waals surface area contributed by atoms with Crippen molar-refractivity contribution in [3.63, 3.8) is 0 Å². The molecule has 3 heteroatoms. The molecule has 0 atom stereocenters. The second kappa shape index (κ2) is 8.81. The summed E-state index contributed by atoms with van der Waals surface area (Å²) in [4.78, 5) is 14.5. The molecule has 0 unspecified atom stereocenters. The van der Waals surface area contributed by atoms with Crippen LogP contribution in [0.25, 0.3) is 34.0 Å².